The Hall–Kier alpha value is -3.43. The van der Waals surface area contributed by atoms with Crippen LogP contribution in [0.2, 0.25) is 5.02 Å². The first kappa shape index (κ1) is 23.3. The zero-order valence-electron chi connectivity index (χ0n) is 20.1. The summed E-state index contributed by atoms with van der Waals surface area (Å²) >= 11 is 6.39. The maximum Gasteiger partial charge on any atom is 0.208 e. The van der Waals surface area contributed by atoms with Gasteiger partial charge in [-0.1, -0.05) is 18.2 Å². The zero-order valence-corrected chi connectivity index (χ0v) is 20.8. The summed E-state index contributed by atoms with van der Waals surface area (Å²) in [4.78, 5) is 18.6. The number of nitrogens with zero attached hydrogens (tertiary/aromatic N) is 7. The maximum atomic E-state index is 6.39. The first-order chi connectivity index (χ1) is 17.0. The number of rotatable bonds is 8. The molecule has 0 aliphatic carbocycles. The lowest BCUT2D eigenvalue weighted by atomic mass is 9.87. The van der Waals surface area contributed by atoms with E-state index in [0.29, 0.717) is 28.7 Å². The molecule has 2 bridgehead atoms. The van der Waals surface area contributed by atoms with Crippen molar-refractivity contribution in [1.82, 2.24) is 24.5 Å². The third kappa shape index (κ3) is 4.49. The first-order valence-electron chi connectivity index (χ1n) is 11.5. The van der Waals surface area contributed by atoms with E-state index >= 15 is 0 Å². The number of piperazine rings is 1. The van der Waals surface area contributed by atoms with Crippen molar-refractivity contribution in [2.75, 3.05) is 38.8 Å². The molecule has 0 saturated carbocycles. The van der Waals surface area contributed by atoms with Gasteiger partial charge in [-0.15, -0.1) is 0 Å². The lowest BCUT2D eigenvalue weighted by Crippen LogP contribution is -2.69. The molecule has 3 aromatic heterocycles. The number of pyridine rings is 1. The zero-order chi connectivity index (χ0) is 24.5. The number of allylic oxidation sites excluding steroid dienone is 1. The molecule has 0 N–H and O–H groups in total. The van der Waals surface area contributed by atoms with Crippen LogP contribution in [0, 0.1) is 0 Å². The molecule has 2 unspecified atom stereocenters. The Morgan fingerprint density at radius 1 is 1.23 bits per heavy atom. The number of aromatic nitrogens is 4. The summed E-state index contributed by atoms with van der Waals surface area (Å²) in [6, 6.07) is 2.84. The fourth-order valence-corrected chi connectivity index (χ4v) is 5.03. The van der Waals surface area contributed by atoms with E-state index in [9.17, 15) is 0 Å². The van der Waals surface area contributed by atoms with Crippen molar-refractivity contribution in [3.8, 4) is 17.0 Å². The monoisotopic (exact) mass is 493 g/mol. The molecule has 6 rings (SSSR count). The number of halogens is 1. The van der Waals surface area contributed by atoms with Crippen LogP contribution in [0.4, 0.5) is 5.82 Å². The van der Waals surface area contributed by atoms with Crippen molar-refractivity contribution >= 4 is 29.2 Å². The van der Waals surface area contributed by atoms with Gasteiger partial charge >= 0.3 is 0 Å². The SMILES string of the molecule is C=C(C=N/C(=C\C)OC)CN1C2CC1CN(c1cnc(-c3cc(OC)cn4ncc(Cl)c34)cn1)C2. The topological polar surface area (TPSA) is 80.4 Å². The van der Waals surface area contributed by atoms with Crippen LogP contribution in [-0.4, -0.2) is 76.6 Å². The summed E-state index contributed by atoms with van der Waals surface area (Å²) in [5.74, 6) is 2.14. The van der Waals surface area contributed by atoms with Crippen molar-refractivity contribution in [2.24, 2.45) is 4.99 Å². The predicted octanol–water partition coefficient (Wildman–Crippen LogP) is 3.85. The van der Waals surface area contributed by atoms with E-state index in [1.54, 1.807) is 43.5 Å². The minimum atomic E-state index is 0.465. The minimum absolute atomic E-state index is 0.465. The summed E-state index contributed by atoms with van der Waals surface area (Å²) < 4.78 is 12.3. The van der Waals surface area contributed by atoms with Gasteiger partial charge in [0.25, 0.3) is 0 Å². The Morgan fingerprint density at radius 2 is 2.03 bits per heavy atom. The van der Waals surface area contributed by atoms with E-state index in [4.69, 9.17) is 31.0 Å². The second-order valence-corrected chi connectivity index (χ2v) is 9.11. The van der Waals surface area contributed by atoms with Crippen LogP contribution in [0.1, 0.15) is 13.3 Å². The number of anilines is 1. The van der Waals surface area contributed by atoms with E-state index in [1.807, 2.05) is 25.3 Å². The fraction of sp³-hybridized carbons (Fsp3) is 0.360. The highest BCUT2D eigenvalue weighted by molar-refractivity contribution is 6.34. The molecule has 6 heterocycles. The second kappa shape index (κ2) is 9.67. The van der Waals surface area contributed by atoms with Crippen LogP contribution in [0.25, 0.3) is 16.8 Å². The quantitative estimate of drug-likeness (QED) is 0.348. The molecule has 0 radical (unpaired) electrons. The van der Waals surface area contributed by atoms with E-state index < -0.39 is 0 Å². The summed E-state index contributed by atoms with van der Waals surface area (Å²) in [5.41, 5.74) is 3.29. The van der Waals surface area contributed by atoms with Crippen LogP contribution in [-0.2, 0) is 4.74 Å². The molecule has 0 amide bonds. The first-order valence-corrected chi connectivity index (χ1v) is 11.8. The van der Waals surface area contributed by atoms with Crippen LogP contribution in [0.3, 0.4) is 0 Å². The van der Waals surface area contributed by atoms with E-state index in [1.165, 1.54) is 6.42 Å². The molecule has 35 heavy (non-hydrogen) atoms. The van der Waals surface area contributed by atoms with Gasteiger partial charge in [0.1, 0.15) is 11.6 Å². The molecule has 182 valence electrons. The van der Waals surface area contributed by atoms with Gasteiger partial charge < -0.3 is 14.4 Å². The molecule has 3 fully saturated rings. The highest BCUT2D eigenvalue weighted by Gasteiger charge is 2.44. The Morgan fingerprint density at radius 3 is 2.69 bits per heavy atom. The van der Waals surface area contributed by atoms with Crippen LogP contribution < -0.4 is 9.64 Å². The van der Waals surface area contributed by atoms with E-state index in [2.05, 4.69) is 26.5 Å². The van der Waals surface area contributed by atoms with E-state index in [-0.39, 0.29) is 0 Å². The Kier molecular flexibility index (Phi) is 6.44. The molecular formula is C25H28ClN7O2. The second-order valence-electron chi connectivity index (χ2n) is 8.71. The van der Waals surface area contributed by atoms with Gasteiger partial charge in [0.15, 0.2) is 0 Å². The Bertz CT molecular complexity index is 1290. The molecule has 9 nitrogen and oxygen atoms in total. The van der Waals surface area contributed by atoms with Crippen molar-refractivity contribution in [2.45, 2.75) is 25.4 Å². The minimum Gasteiger partial charge on any atom is -0.495 e. The molecular weight excluding hydrogens is 466 g/mol. The number of aliphatic imine (C=N–C) groups is 1. The molecule has 10 heteroatoms. The lowest BCUT2D eigenvalue weighted by Gasteiger charge is -2.56. The number of ether oxygens (including phenoxy) is 2. The average molecular weight is 494 g/mol. The third-order valence-electron chi connectivity index (χ3n) is 6.58. The van der Waals surface area contributed by atoms with Crippen LogP contribution in [0.15, 0.2) is 60.0 Å². The van der Waals surface area contributed by atoms with Gasteiger partial charge in [-0.3, -0.25) is 9.88 Å². The average Bonchev–Trinajstić information content (AvgIpc) is 3.28. The number of piperidine rings is 1. The standard InChI is InChI=1S/C25H28ClN7O2/c1-5-24(35-4)29-8-16(2)12-32-17-6-18(32)14-31(13-17)23-11-27-22(10-28-23)20-7-19(34-3)15-33-25(20)21(26)9-30-33/h5,7-11,15,17-18H,2,6,12-14H2,1,3-4H3/b24-5+,29-8?. The molecule has 3 aromatic rings. The summed E-state index contributed by atoms with van der Waals surface area (Å²) in [6.45, 7) is 8.67. The van der Waals surface area contributed by atoms with E-state index in [0.717, 1.165) is 47.8 Å². The Balaban J connectivity index is 1.27. The van der Waals surface area contributed by atoms with Crippen LogP contribution >= 0.6 is 11.6 Å². The highest BCUT2D eigenvalue weighted by atomic mass is 35.5. The molecule has 0 aromatic carbocycles. The van der Waals surface area contributed by atoms with Gasteiger partial charge in [-0.05, 0) is 31.1 Å². The van der Waals surface area contributed by atoms with Crippen molar-refractivity contribution in [1.29, 1.82) is 0 Å². The summed E-state index contributed by atoms with van der Waals surface area (Å²) in [7, 11) is 3.24. The smallest absolute Gasteiger partial charge is 0.208 e. The number of hydrogen-bond acceptors (Lipinski definition) is 8. The van der Waals surface area contributed by atoms with Gasteiger partial charge in [-0.25, -0.2) is 14.5 Å². The number of methoxy groups -OCH3 is 2. The number of hydrogen-bond donors (Lipinski definition) is 0. The lowest BCUT2D eigenvalue weighted by molar-refractivity contribution is 0.00943. The maximum absolute atomic E-state index is 6.39. The van der Waals surface area contributed by atoms with Gasteiger partial charge in [-0.2, -0.15) is 5.10 Å². The normalized spacial score (nSPS) is 20.3. The highest BCUT2D eigenvalue weighted by Crippen LogP contribution is 2.35. The van der Waals surface area contributed by atoms with Gasteiger partial charge in [0.2, 0.25) is 5.88 Å². The molecule has 0 spiro atoms. The molecule has 3 aliphatic heterocycles. The van der Waals surface area contributed by atoms with Gasteiger partial charge in [0.05, 0.1) is 55.2 Å². The summed E-state index contributed by atoms with van der Waals surface area (Å²) in [6.07, 6.45) is 11.8. The van der Waals surface area contributed by atoms with Crippen molar-refractivity contribution in [3.63, 3.8) is 0 Å². The van der Waals surface area contributed by atoms with Gasteiger partial charge in [0, 0.05) is 43.5 Å². The molecule has 3 saturated heterocycles. The largest absolute Gasteiger partial charge is 0.495 e. The summed E-state index contributed by atoms with van der Waals surface area (Å²) in [5, 5.41) is 4.85. The predicted molar refractivity (Wildman–Crippen MR) is 137 cm³/mol. The van der Waals surface area contributed by atoms with Crippen molar-refractivity contribution < 1.29 is 9.47 Å². The van der Waals surface area contributed by atoms with Crippen LogP contribution in [0.5, 0.6) is 5.75 Å². The van der Waals surface area contributed by atoms with Crippen molar-refractivity contribution in [3.05, 3.63) is 60.0 Å². The Labute approximate surface area is 209 Å². The fourth-order valence-electron chi connectivity index (χ4n) is 4.80. The molecule has 3 aliphatic rings. The molecule has 2 atom stereocenters. The third-order valence-corrected chi connectivity index (χ3v) is 6.85. The number of fused-ring (bicyclic) bond motifs is 3.